The first-order chi connectivity index (χ1) is 8.29. The maximum absolute atomic E-state index is 5.06. The first kappa shape index (κ1) is 12.4. The molecule has 2 N–H and O–H groups in total. The standard InChI is InChI=1S/C13H21N3O/c1-15-6-8-16(9-7-15)13-4-2-3-12(11-13)5-10-17-14/h2-4,11H,5-10,14H2,1H3. The summed E-state index contributed by atoms with van der Waals surface area (Å²) < 4.78 is 0. The van der Waals surface area contributed by atoms with E-state index in [0.717, 1.165) is 32.6 Å². The number of hydrogen-bond donors (Lipinski definition) is 1. The molecule has 94 valence electrons. The molecular formula is C13H21N3O. The molecule has 0 radical (unpaired) electrons. The molecule has 2 rings (SSSR count). The molecular weight excluding hydrogens is 214 g/mol. The Morgan fingerprint density at radius 2 is 2.00 bits per heavy atom. The van der Waals surface area contributed by atoms with Crippen molar-refractivity contribution in [3.8, 4) is 0 Å². The van der Waals surface area contributed by atoms with Gasteiger partial charge in [0.1, 0.15) is 0 Å². The monoisotopic (exact) mass is 235 g/mol. The molecule has 0 aliphatic carbocycles. The van der Waals surface area contributed by atoms with Crippen LogP contribution in [0.1, 0.15) is 5.56 Å². The molecule has 17 heavy (non-hydrogen) atoms. The summed E-state index contributed by atoms with van der Waals surface area (Å²) in [4.78, 5) is 9.43. The highest BCUT2D eigenvalue weighted by Gasteiger charge is 2.14. The van der Waals surface area contributed by atoms with Crippen molar-refractivity contribution in [2.24, 2.45) is 5.90 Å². The van der Waals surface area contributed by atoms with Crippen LogP contribution >= 0.6 is 0 Å². The van der Waals surface area contributed by atoms with Gasteiger partial charge in [-0.05, 0) is 31.2 Å². The molecule has 0 aromatic heterocycles. The van der Waals surface area contributed by atoms with Gasteiger partial charge in [-0.1, -0.05) is 12.1 Å². The molecule has 4 nitrogen and oxygen atoms in total. The fraction of sp³-hybridized carbons (Fsp3) is 0.538. The molecule has 1 aliphatic rings. The molecule has 0 saturated carbocycles. The van der Waals surface area contributed by atoms with Crippen molar-refractivity contribution < 1.29 is 4.84 Å². The van der Waals surface area contributed by atoms with E-state index >= 15 is 0 Å². The third-order valence-electron chi connectivity index (χ3n) is 3.29. The van der Waals surface area contributed by atoms with Gasteiger partial charge in [-0.15, -0.1) is 0 Å². The van der Waals surface area contributed by atoms with Crippen molar-refractivity contribution >= 4 is 5.69 Å². The van der Waals surface area contributed by atoms with Crippen LogP contribution in [0, 0.1) is 0 Å². The lowest BCUT2D eigenvalue weighted by atomic mass is 10.1. The second-order valence-electron chi connectivity index (χ2n) is 4.58. The number of benzene rings is 1. The highest BCUT2D eigenvalue weighted by atomic mass is 16.6. The molecule has 1 aromatic carbocycles. The number of anilines is 1. The Morgan fingerprint density at radius 3 is 2.71 bits per heavy atom. The van der Waals surface area contributed by atoms with E-state index in [1.807, 2.05) is 0 Å². The summed E-state index contributed by atoms with van der Waals surface area (Å²) in [6.07, 6.45) is 0.873. The Kier molecular flexibility index (Phi) is 4.36. The van der Waals surface area contributed by atoms with Gasteiger partial charge >= 0.3 is 0 Å². The molecule has 0 amide bonds. The lowest BCUT2D eigenvalue weighted by Crippen LogP contribution is -2.44. The molecule has 1 fully saturated rings. The van der Waals surface area contributed by atoms with Crippen molar-refractivity contribution in [1.82, 2.24) is 4.90 Å². The summed E-state index contributed by atoms with van der Waals surface area (Å²) in [5.41, 5.74) is 2.60. The first-order valence-electron chi connectivity index (χ1n) is 6.14. The number of rotatable bonds is 4. The topological polar surface area (TPSA) is 41.7 Å². The van der Waals surface area contributed by atoms with Crippen molar-refractivity contribution in [2.75, 3.05) is 44.7 Å². The Morgan fingerprint density at radius 1 is 1.24 bits per heavy atom. The molecule has 0 unspecified atom stereocenters. The van der Waals surface area contributed by atoms with E-state index in [9.17, 15) is 0 Å². The van der Waals surface area contributed by atoms with Gasteiger partial charge in [0.05, 0.1) is 6.61 Å². The predicted molar refractivity (Wildman–Crippen MR) is 70.0 cm³/mol. The highest BCUT2D eigenvalue weighted by Crippen LogP contribution is 2.18. The molecule has 1 heterocycles. The zero-order chi connectivity index (χ0) is 12.1. The lowest BCUT2D eigenvalue weighted by molar-refractivity contribution is 0.141. The van der Waals surface area contributed by atoms with Crippen LogP contribution in [0.2, 0.25) is 0 Å². The van der Waals surface area contributed by atoms with Gasteiger partial charge in [0.2, 0.25) is 0 Å². The van der Waals surface area contributed by atoms with E-state index in [1.54, 1.807) is 0 Å². The quantitative estimate of drug-likeness (QED) is 0.786. The second-order valence-corrected chi connectivity index (χ2v) is 4.58. The molecule has 4 heteroatoms. The number of likely N-dealkylation sites (N-methyl/N-ethyl adjacent to an activating group) is 1. The average Bonchev–Trinajstić information content (AvgIpc) is 2.37. The van der Waals surface area contributed by atoms with Crippen LogP contribution in [0.4, 0.5) is 5.69 Å². The number of nitrogens with zero attached hydrogens (tertiary/aromatic N) is 2. The highest BCUT2D eigenvalue weighted by molar-refractivity contribution is 5.49. The fourth-order valence-electron chi connectivity index (χ4n) is 2.15. The minimum atomic E-state index is 0.576. The van der Waals surface area contributed by atoms with Crippen LogP contribution in [0.5, 0.6) is 0 Å². The average molecular weight is 235 g/mol. The van der Waals surface area contributed by atoms with E-state index in [4.69, 9.17) is 5.90 Å². The van der Waals surface area contributed by atoms with Gasteiger partial charge in [-0.25, -0.2) is 5.90 Å². The van der Waals surface area contributed by atoms with Crippen LogP contribution in [0.15, 0.2) is 24.3 Å². The van der Waals surface area contributed by atoms with E-state index in [-0.39, 0.29) is 0 Å². The Balaban J connectivity index is 2.00. The molecule has 0 atom stereocenters. The van der Waals surface area contributed by atoms with E-state index in [2.05, 4.69) is 46.0 Å². The Hall–Kier alpha value is -1.10. The van der Waals surface area contributed by atoms with Crippen molar-refractivity contribution in [3.05, 3.63) is 29.8 Å². The minimum absolute atomic E-state index is 0.576. The van der Waals surface area contributed by atoms with Crippen LogP contribution < -0.4 is 10.8 Å². The fourth-order valence-corrected chi connectivity index (χ4v) is 2.15. The summed E-state index contributed by atoms with van der Waals surface area (Å²) >= 11 is 0. The summed E-state index contributed by atoms with van der Waals surface area (Å²) in [6, 6.07) is 8.65. The minimum Gasteiger partial charge on any atom is -0.369 e. The summed E-state index contributed by atoms with van der Waals surface area (Å²) in [5.74, 6) is 5.06. The smallest absolute Gasteiger partial charge is 0.0719 e. The molecule has 0 bridgehead atoms. The normalized spacial score (nSPS) is 17.4. The number of nitrogens with two attached hydrogens (primary N) is 1. The van der Waals surface area contributed by atoms with Gasteiger partial charge in [-0.3, -0.25) is 0 Å². The molecule has 1 saturated heterocycles. The van der Waals surface area contributed by atoms with Crippen LogP contribution in [-0.4, -0.2) is 44.7 Å². The largest absolute Gasteiger partial charge is 0.369 e. The van der Waals surface area contributed by atoms with Crippen molar-refractivity contribution in [3.63, 3.8) is 0 Å². The Bertz CT molecular complexity index is 348. The summed E-state index contributed by atoms with van der Waals surface area (Å²) in [6.45, 7) is 5.05. The van der Waals surface area contributed by atoms with Crippen LogP contribution in [0.3, 0.4) is 0 Å². The first-order valence-corrected chi connectivity index (χ1v) is 6.14. The van der Waals surface area contributed by atoms with Gasteiger partial charge in [0, 0.05) is 31.9 Å². The van der Waals surface area contributed by atoms with Gasteiger partial charge < -0.3 is 14.6 Å². The number of hydrogen-bond acceptors (Lipinski definition) is 4. The van der Waals surface area contributed by atoms with Crippen LogP contribution in [0.25, 0.3) is 0 Å². The molecule has 1 aliphatic heterocycles. The van der Waals surface area contributed by atoms with E-state index in [1.165, 1.54) is 11.3 Å². The van der Waals surface area contributed by atoms with Gasteiger partial charge in [0.25, 0.3) is 0 Å². The SMILES string of the molecule is CN1CCN(c2cccc(CCON)c2)CC1. The van der Waals surface area contributed by atoms with Crippen molar-refractivity contribution in [1.29, 1.82) is 0 Å². The zero-order valence-corrected chi connectivity index (χ0v) is 10.4. The third kappa shape index (κ3) is 3.43. The molecule has 1 aromatic rings. The van der Waals surface area contributed by atoms with E-state index in [0.29, 0.717) is 6.61 Å². The zero-order valence-electron chi connectivity index (χ0n) is 10.4. The van der Waals surface area contributed by atoms with Crippen LogP contribution in [-0.2, 0) is 11.3 Å². The van der Waals surface area contributed by atoms with E-state index < -0.39 is 0 Å². The molecule has 0 spiro atoms. The third-order valence-corrected chi connectivity index (χ3v) is 3.29. The van der Waals surface area contributed by atoms with Gasteiger partial charge in [-0.2, -0.15) is 0 Å². The summed E-state index contributed by atoms with van der Waals surface area (Å²) in [5, 5.41) is 0. The predicted octanol–water partition coefficient (Wildman–Crippen LogP) is 0.871. The number of piperazine rings is 1. The van der Waals surface area contributed by atoms with Crippen molar-refractivity contribution in [2.45, 2.75) is 6.42 Å². The lowest BCUT2D eigenvalue weighted by Gasteiger charge is -2.34. The maximum atomic E-state index is 5.06. The Labute approximate surface area is 103 Å². The second kappa shape index (κ2) is 6.00. The summed E-state index contributed by atoms with van der Waals surface area (Å²) in [7, 11) is 2.17. The van der Waals surface area contributed by atoms with Gasteiger partial charge in [0.15, 0.2) is 0 Å². The maximum Gasteiger partial charge on any atom is 0.0719 e.